The maximum atomic E-state index is 6.48. The van der Waals surface area contributed by atoms with Crippen molar-refractivity contribution < 1.29 is 8.83 Å². The van der Waals surface area contributed by atoms with Crippen LogP contribution in [0.2, 0.25) is 0 Å². The van der Waals surface area contributed by atoms with Crippen LogP contribution in [0, 0.1) is 27.7 Å². The molecule has 0 atom stereocenters. The van der Waals surface area contributed by atoms with Gasteiger partial charge >= 0.3 is 0 Å². The van der Waals surface area contributed by atoms with Crippen LogP contribution in [0.4, 0.5) is 34.1 Å². The van der Waals surface area contributed by atoms with Crippen LogP contribution in [-0.2, 0) is 0 Å². The molecule has 14 rings (SSSR count). The minimum absolute atomic E-state index is 0.231. The predicted molar refractivity (Wildman–Crippen MR) is 316 cm³/mol. The Balaban J connectivity index is 1.13. The van der Waals surface area contributed by atoms with Crippen LogP contribution in [0.1, 0.15) is 72.9 Å². The van der Waals surface area contributed by atoms with Crippen molar-refractivity contribution in [3.63, 3.8) is 0 Å². The first-order chi connectivity index (χ1) is 36.0. The maximum absolute atomic E-state index is 6.48. The average Bonchev–Trinajstić information content (AvgIpc) is 3.97. The summed E-state index contributed by atoms with van der Waals surface area (Å²) in [6.45, 7) is 18.4. The quantitative estimate of drug-likeness (QED) is 0.142. The van der Waals surface area contributed by atoms with Crippen LogP contribution in [0.5, 0.6) is 0 Å². The summed E-state index contributed by atoms with van der Waals surface area (Å²) in [7, 11) is 0. The molecule has 0 aliphatic carbocycles. The van der Waals surface area contributed by atoms with Crippen LogP contribution in [0.15, 0.2) is 191 Å². The third kappa shape index (κ3) is 6.60. The number of furan rings is 2. The van der Waals surface area contributed by atoms with Crippen molar-refractivity contribution in [2.75, 3.05) is 9.80 Å². The normalized spacial score (nSPS) is 12.3. The second-order valence-electron chi connectivity index (χ2n) is 21.5. The minimum atomic E-state index is 0.231. The predicted octanol–water partition coefficient (Wildman–Crippen LogP) is 21.1. The molecule has 358 valence electrons. The van der Waals surface area contributed by atoms with E-state index in [1.165, 1.54) is 98.6 Å². The van der Waals surface area contributed by atoms with Gasteiger partial charge in [0.25, 0.3) is 0 Å². The molecule has 0 amide bonds. The lowest BCUT2D eigenvalue weighted by molar-refractivity contribution is 0.668. The van der Waals surface area contributed by atoms with Gasteiger partial charge in [-0.1, -0.05) is 148 Å². The van der Waals surface area contributed by atoms with E-state index in [1.54, 1.807) is 0 Å². The largest absolute Gasteiger partial charge is 0.456 e. The summed E-state index contributed by atoms with van der Waals surface area (Å²) in [4.78, 5) is 5.14. The molecule has 2 heterocycles. The molecule has 0 aliphatic heterocycles. The Morgan fingerprint density at radius 3 is 1.15 bits per heavy atom. The van der Waals surface area contributed by atoms with E-state index >= 15 is 0 Å². The van der Waals surface area contributed by atoms with Crippen LogP contribution in [-0.4, -0.2) is 0 Å². The molecule has 74 heavy (non-hydrogen) atoms. The van der Waals surface area contributed by atoms with Gasteiger partial charge in [-0.25, -0.2) is 0 Å². The van der Waals surface area contributed by atoms with E-state index in [1.807, 2.05) is 0 Å². The first-order valence-corrected chi connectivity index (χ1v) is 26.2. The summed E-state index contributed by atoms with van der Waals surface area (Å²) in [5.41, 5.74) is 17.9. The fourth-order valence-corrected chi connectivity index (χ4v) is 12.5. The summed E-state index contributed by atoms with van der Waals surface area (Å²) >= 11 is 0. The number of benzene rings is 12. The molecule has 4 heteroatoms. The second kappa shape index (κ2) is 16.5. The number of fused-ring (bicyclic) bond motifs is 8. The molecule has 2 aromatic heterocycles. The van der Waals surface area contributed by atoms with Crippen LogP contribution in [0.3, 0.4) is 0 Å². The molecule has 0 aliphatic rings. The van der Waals surface area contributed by atoms with Gasteiger partial charge in [-0.05, 0) is 167 Å². The second-order valence-corrected chi connectivity index (χ2v) is 21.5. The number of nitrogens with zero attached hydrogens (tertiary/aromatic N) is 2. The topological polar surface area (TPSA) is 32.8 Å². The van der Waals surface area contributed by atoms with E-state index in [4.69, 9.17) is 8.83 Å². The lowest BCUT2D eigenvalue weighted by atomic mass is 9.83. The highest BCUT2D eigenvalue weighted by Crippen LogP contribution is 2.54. The Morgan fingerprint density at radius 2 is 0.716 bits per heavy atom. The Kier molecular flexibility index (Phi) is 9.82. The van der Waals surface area contributed by atoms with Crippen molar-refractivity contribution in [2.24, 2.45) is 0 Å². The molecule has 0 N–H and O–H groups in total. The Labute approximate surface area is 431 Å². The summed E-state index contributed by atoms with van der Waals surface area (Å²) in [6.07, 6.45) is 0. The van der Waals surface area contributed by atoms with E-state index in [-0.39, 0.29) is 11.8 Å². The van der Waals surface area contributed by atoms with Crippen molar-refractivity contribution in [2.45, 2.75) is 67.2 Å². The molecule has 0 unspecified atom stereocenters. The maximum Gasteiger partial charge on any atom is 0.135 e. The number of hydrogen-bond donors (Lipinski definition) is 0. The SMILES string of the molecule is Cc1ccc2ccc(C)c(N(c3ccc4oc5ccccc5c4c3)c3cc(C(C)C)c4ccc5c(N(c6ccc7oc8ccccc8c7c6)c6c(C)ccc7ccc(C)cc67)cc(C(C)C)c6ccc3c4c65)c2c1. The summed E-state index contributed by atoms with van der Waals surface area (Å²) in [5, 5.41) is 16.9. The number of rotatable bonds is 8. The van der Waals surface area contributed by atoms with Gasteiger partial charge in [-0.2, -0.15) is 0 Å². The van der Waals surface area contributed by atoms with Crippen molar-refractivity contribution in [3.05, 3.63) is 215 Å². The van der Waals surface area contributed by atoms with E-state index in [0.717, 1.165) is 66.6 Å². The molecular formula is C70H56N2O2. The molecule has 0 saturated heterocycles. The third-order valence-corrected chi connectivity index (χ3v) is 16.0. The monoisotopic (exact) mass is 956 g/mol. The molecule has 4 nitrogen and oxygen atoms in total. The zero-order chi connectivity index (χ0) is 50.3. The average molecular weight is 957 g/mol. The van der Waals surface area contributed by atoms with Crippen LogP contribution in [0.25, 0.3) is 97.7 Å². The number of para-hydroxylation sites is 2. The van der Waals surface area contributed by atoms with Crippen LogP contribution >= 0.6 is 0 Å². The van der Waals surface area contributed by atoms with E-state index in [2.05, 4.69) is 247 Å². The standard InChI is InChI=1S/C70H56N2O2/c1-39(2)55-37-61(71(69-43(7)19-23-45-21-17-41(5)33-57(45)69)47-25-31-65-59(35-47)49-13-9-11-15-63(49)73-65)53-30-28-52-56(40(3)4)38-62(54-29-27-51(55)67(53)68(52)54)72(70-44(8)20-24-46-22-18-42(6)34-58(46)70)48-26-32-66-60(36-48)50-14-10-12-16-64(50)74-66/h9-40H,1-8H3. The van der Waals surface area contributed by atoms with Crippen molar-refractivity contribution >= 4 is 132 Å². The van der Waals surface area contributed by atoms with Crippen molar-refractivity contribution in [1.29, 1.82) is 0 Å². The van der Waals surface area contributed by atoms with E-state index < -0.39 is 0 Å². The van der Waals surface area contributed by atoms with Gasteiger partial charge in [0.05, 0.1) is 22.7 Å². The lowest BCUT2D eigenvalue weighted by Gasteiger charge is -2.33. The van der Waals surface area contributed by atoms with Gasteiger partial charge in [-0.15, -0.1) is 0 Å². The highest BCUT2D eigenvalue weighted by atomic mass is 16.3. The van der Waals surface area contributed by atoms with Crippen molar-refractivity contribution in [1.82, 2.24) is 0 Å². The highest BCUT2D eigenvalue weighted by Gasteiger charge is 2.29. The first kappa shape index (κ1) is 44.1. The number of aryl methyl sites for hydroxylation is 4. The molecule has 14 aromatic rings. The Hall–Kier alpha value is -8.60. The number of anilines is 6. The molecule has 0 radical (unpaired) electrons. The summed E-state index contributed by atoms with van der Waals surface area (Å²) in [6, 6.07) is 67.9. The molecule has 0 spiro atoms. The zero-order valence-corrected chi connectivity index (χ0v) is 43.2. The molecule has 0 saturated carbocycles. The molecule has 0 fully saturated rings. The van der Waals surface area contributed by atoms with Gasteiger partial charge in [-0.3, -0.25) is 0 Å². The molecular weight excluding hydrogens is 901 g/mol. The summed E-state index contributed by atoms with van der Waals surface area (Å²) < 4.78 is 13.0. The van der Waals surface area contributed by atoms with E-state index in [0.29, 0.717) is 0 Å². The lowest BCUT2D eigenvalue weighted by Crippen LogP contribution is -2.14. The van der Waals surface area contributed by atoms with Gasteiger partial charge in [0.15, 0.2) is 0 Å². The minimum Gasteiger partial charge on any atom is -0.456 e. The van der Waals surface area contributed by atoms with Gasteiger partial charge in [0.2, 0.25) is 0 Å². The van der Waals surface area contributed by atoms with Crippen LogP contribution < -0.4 is 9.80 Å². The number of hydrogen-bond acceptors (Lipinski definition) is 4. The summed E-state index contributed by atoms with van der Waals surface area (Å²) in [5.74, 6) is 0.463. The third-order valence-electron chi connectivity index (χ3n) is 16.0. The van der Waals surface area contributed by atoms with E-state index in [9.17, 15) is 0 Å². The fraction of sp³-hybridized carbons (Fsp3) is 0.143. The van der Waals surface area contributed by atoms with Gasteiger partial charge < -0.3 is 18.6 Å². The molecule has 12 aromatic carbocycles. The zero-order valence-electron chi connectivity index (χ0n) is 43.2. The Morgan fingerprint density at radius 1 is 0.324 bits per heavy atom. The van der Waals surface area contributed by atoms with Gasteiger partial charge in [0, 0.05) is 54.5 Å². The first-order valence-electron chi connectivity index (χ1n) is 26.2. The fourth-order valence-electron chi connectivity index (χ4n) is 12.5. The highest BCUT2D eigenvalue weighted by molar-refractivity contribution is 6.30. The van der Waals surface area contributed by atoms with Crippen molar-refractivity contribution in [3.8, 4) is 0 Å². The van der Waals surface area contributed by atoms with Gasteiger partial charge in [0.1, 0.15) is 22.3 Å². The smallest absolute Gasteiger partial charge is 0.135 e. The Bertz CT molecular complexity index is 4320. The molecule has 0 bridgehead atoms.